The van der Waals surface area contributed by atoms with Crippen molar-refractivity contribution in [2.45, 2.75) is 49.2 Å². The van der Waals surface area contributed by atoms with Gasteiger partial charge in [0.05, 0.1) is 4.90 Å². The minimum Gasteiger partial charge on any atom is -0.354 e. The van der Waals surface area contributed by atoms with Gasteiger partial charge in [-0.25, -0.2) is 8.42 Å². The average molecular weight is 392 g/mol. The van der Waals surface area contributed by atoms with Crippen LogP contribution in [0, 0.1) is 12.8 Å². The summed E-state index contributed by atoms with van der Waals surface area (Å²) in [5.74, 6) is 0.0141. The molecule has 0 radical (unpaired) electrons. The molecule has 1 amide bonds. The summed E-state index contributed by atoms with van der Waals surface area (Å²) < 4.78 is 26.4. The summed E-state index contributed by atoms with van der Waals surface area (Å²) in [5.41, 5.74) is 1.02. The quantitative estimate of drug-likeness (QED) is 0.800. The van der Waals surface area contributed by atoms with Crippen molar-refractivity contribution in [3.8, 4) is 0 Å². The van der Waals surface area contributed by atoms with Crippen molar-refractivity contribution in [1.29, 1.82) is 0 Å². The zero-order chi connectivity index (χ0) is 18.6. The Bertz CT molecular complexity index is 820. The molecule has 1 unspecified atom stereocenters. The summed E-state index contributed by atoms with van der Waals surface area (Å²) in [6.07, 6.45) is 5.14. The maximum Gasteiger partial charge on any atom is 0.223 e. The first kappa shape index (κ1) is 19.1. The molecule has 26 heavy (non-hydrogen) atoms. The number of hydrogen-bond donors (Lipinski definition) is 1. The third-order valence-electron chi connectivity index (χ3n) is 5.02. The maximum absolute atomic E-state index is 13.2. The van der Waals surface area contributed by atoms with Crippen LogP contribution in [0.2, 0.25) is 0 Å². The van der Waals surface area contributed by atoms with E-state index in [2.05, 4.69) is 5.32 Å². The number of nitrogens with one attached hydrogen (secondary N) is 1. The highest BCUT2D eigenvalue weighted by atomic mass is 32.2. The second-order valence-electron chi connectivity index (χ2n) is 6.94. The van der Waals surface area contributed by atoms with E-state index in [-0.39, 0.29) is 18.4 Å². The number of aryl methyl sites for hydroxylation is 1. The Morgan fingerprint density at radius 2 is 1.85 bits per heavy atom. The molecule has 140 valence electrons. The highest BCUT2D eigenvalue weighted by Crippen LogP contribution is 2.32. The van der Waals surface area contributed by atoms with Gasteiger partial charge in [0, 0.05) is 17.3 Å². The van der Waals surface area contributed by atoms with Crippen LogP contribution in [0.5, 0.6) is 0 Å². The minimum atomic E-state index is -3.57. The lowest BCUT2D eigenvalue weighted by molar-refractivity contribution is -0.125. The summed E-state index contributed by atoms with van der Waals surface area (Å²) in [6, 6.07) is 10.6. The zero-order valence-electron chi connectivity index (χ0n) is 15.0. The molecule has 1 heterocycles. The van der Waals surface area contributed by atoms with Gasteiger partial charge in [-0.3, -0.25) is 4.79 Å². The van der Waals surface area contributed by atoms with E-state index in [1.165, 1.54) is 17.8 Å². The topological polar surface area (TPSA) is 63.2 Å². The molecule has 0 aliphatic heterocycles. The van der Waals surface area contributed by atoms with E-state index in [1.54, 1.807) is 24.3 Å². The van der Waals surface area contributed by atoms with E-state index in [0.29, 0.717) is 4.90 Å². The van der Waals surface area contributed by atoms with Crippen molar-refractivity contribution in [2.24, 2.45) is 5.92 Å². The Morgan fingerprint density at radius 3 is 2.46 bits per heavy atom. The van der Waals surface area contributed by atoms with Crippen molar-refractivity contribution in [3.05, 3.63) is 52.2 Å². The largest absolute Gasteiger partial charge is 0.354 e. The number of hydrogen-bond acceptors (Lipinski definition) is 4. The Hall–Kier alpha value is -1.66. The molecule has 1 fully saturated rings. The second-order valence-corrected chi connectivity index (χ2v) is 10.1. The first-order chi connectivity index (χ1) is 12.5. The fraction of sp³-hybridized carbons (Fsp3) is 0.450. The van der Waals surface area contributed by atoms with E-state index < -0.39 is 15.1 Å². The van der Waals surface area contributed by atoms with Crippen LogP contribution < -0.4 is 5.32 Å². The van der Waals surface area contributed by atoms with Crippen LogP contribution in [0.1, 0.15) is 47.8 Å². The lowest BCUT2D eigenvalue weighted by atomic mass is 9.89. The van der Waals surface area contributed by atoms with Crippen LogP contribution in [0.4, 0.5) is 0 Å². The van der Waals surface area contributed by atoms with Crippen molar-refractivity contribution < 1.29 is 13.2 Å². The monoisotopic (exact) mass is 391 g/mol. The van der Waals surface area contributed by atoms with Gasteiger partial charge in [0.1, 0.15) is 5.25 Å². The zero-order valence-corrected chi connectivity index (χ0v) is 16.6. The van der Waals surface area contributed by atoms with Gasteiger partial charge in [-0.2, -0.15) is 0 Å². The molecule has 4 nitrogen and oxygen atoms in total. The fourth-order valence-corrected chi connectivity index (χ4v) is 6.22. The van der Waals surface area contributed by atoms with E-state index in [4.69, 9.17) is 0 Å². The van der Waals surface area contributed by atoms with Crippen LogP contribution in [-0.2, 0) is 14.6 Å². The second kappa shape index (κ2) is 8.35. The van der Waals surface area contributed by atoms with E-state index in [9.17, 15) is 13.2 Å². The van der Waals surface area contributed by atoms with Crippen LogP contribution in [0.15, 0.2) is 46.7 Å². The molecule has 1 aliphatic rings. The molecule has 0 saturated heterocycles. The Morgan fingerprint density at radius 1 is 1.15 bits per heavy atom. The van der Waals surface area contributed by atoms with Crippen LogP contribution in [0.25, 0.3) is 0 Å². The van der Waals surface area contributed by atoms with Crippen molar-refractivity contribution in [2.75, 3.05) is 6.54 Å². The molecule has 1 aromatic carbocycles. The SMILES string of the molecule is Cc1ccc(S(=O)(=O)C(CNC(=O)C2CCCCC2)c2cccs2)cc1. The molecule has 6 heteroatoms. The Balaban J connectivity index is 1.79. The third kappa shape index (κ3) is 4.35. The number of thiophene rings is 1. The minimum absolute atomic E-state index is 0.00892. The normalized spacial score (nSPS) is 17.0. The predicted octanol–water partition coefficient (Wildman–Crippen LogP) is 4.27. The summed E-state index contributed by atoms with van der Waals surface area (Å²) >= 11 is 1.41. The molecule has 1 aromatic heterocycles. The third-order valence-corrected chi connectivity index (χ3v) is 8.26. The fourth-order valence-electron chi connectivity index (χ4n) is 3.43. The van der Waals surface area contributed by atoms with Gasteiger partial charge < -0.3 is 5.32 Å². The highest BCUT2D eigenvalue weighted by molar-refractivity contribution is 7.91. The van der Waals surface area contributed by atoms with E-state index in [0.717, 1.165) is 36.1 Å². The van der Waals surface area contributed by atoms with Crippen LogP contribution >= 0.6 is 11.3 Å². The molecule has 0 spiro atoms. The Kier molecular flexibility index (Phi) is 6.14. The predicted molar refractivity (Wildman–Crippen MR) is 105 cm³/mol. The average Bonchev–Trinajstić information content (AvgIpc) is 3.17. The molecule has 0 bridgehead atoms. The van der Waals surface area contributed by atoms with E-state index in [1.807, 2.05) is 24.4 Å². The molecule has 1 atom stereocenters. The smallest absolute Gasteiger partial charge is 0.223 e. The van der Waals surface area contributed by atoms with Gasteiger partial charge in [0.25, 0.3) is 0 Å². The number of amides is 1. The number of benzene rings is 1. The van der Waals surface area contributed by atoms with Gasteiger partial charge in [0.15, 0.2) is 9.84 Å². The molecule has 1 aliphatic carbocycles. The van der Waals surface area contributed by atoms with Crippen LogP contribution in [0.3, 0.4) is 0 Å². The molecule has 2 aromatic rings. The molecule has 1 saturated carbocycles. The first-order valence-electron chi connectivity index (χ1n) is 9.10. The standard InChI is InChI=1S/C20H25NO3S2/c1-15-9-11-17(12-10-15)26(23,24)19(18-8-5-13-25-18)14-21-20(22)16-6-3-2-4-7-16/h5,8-13,16,19H,2-4,6-7,14H2,1H3,(H,21,22). The number of rotatable bonds is 6. The van der Waals surface area contributed by atoms with Gasteiger partial charge >= 0.3 is 0 Å². The van der Waals surface area contributed by atoms with E-state index >= 15 is 0 Å². The summed E-state index contributed by atoms with van der Waals surface area (Å²) in [5, 5.41) is 4.04. The summed E-state index contributed by atoms with van der Waals surface area (Å²) in [4.78, 5) is 13.5. The Labute approximate surface area is 159 Å². The molecular formula is C20H25NO3S2. The maximum atomic E-state index is 13.2. The number of carbonyl (C=O) groups excluding carboxylic acids is 1. The van der Waals surface area contributed by atoms with Gasteiger partial charge in [-0.05, 0) is 43.3 Å². The van der Waals surface area contributed by atoms with Crippen molar-refractivity contribution >= 4 is 27.1 Å². The summed E-state index contributed by atoms with van der Waals surface area (Å²) in [6.45, 7) is 2.05. The lowest BCUT2D eigenvalue weighted by Crippen LogP contribution is -2.36. The van der Waals surface area contributed by atoms with Gasteiger partial charge in [-0.15, -0.1) is 11.3 Å². The molecular weight excluding hydrogens is 366 g/mol. The highest BCUT2D eigenvalue weighted by Gasteiger charge is 2.31. The van der Waals surface area contributed by atoms with Gasteiger partial charge in [-0.1, -0.05) is 43.0 Å². The summed E-state index contributed by atoms with van der Waals surface area (Å²) in [7, 11) is -3.57. The number of sulfone groups is 1. The molecule has 3 rings (SSSR count). The van der Waals surface area contributed by atoms with Crippen molar-refractivity contribution in [1.82, 2.24) is 5.32 Å². The van der Waals surface area contributed by atoms with Crippen molar-refractivity contribution in [3.63, 3.8) is 0 Å². The molecule has 1 N–H and O–H groups in total. The lowest BCUT2D eigenvalue weighted by Gasteiger charge is -2.23. The van der Waals surface area contributed by atoms with Crippen LogP contribution in [-0.4, -0.2) is 20.9 Å². The first-order valence-corrected chi connectivity index (χ1v) is 11.5. The van der Waals surface area contributed by atoms with Gasteiger partial charge in [0.2, 0.25) is 5.91 Å². The number of carbonyl (C=O) groups is 1.